The molecular weight excluding hydrogens is 323 g/mol. The molecule has 25 heavy (non-hydrogen) atoms. The van der Waals surface area contributed by atoms with Crippen molar-refractivity contribution in [2.75, 3.05) is 0 Å². The number of benzene rings is 2. The molecule has 124 valence electrons. The zero-order chi connectivity index (χ0) is 17.3. The Morgan fingerprint density at radius 2 is 1.44 bits per heavy atom. The summed E-state index contributed by atoms with van der Waals surface area (Å²) < 4.78 is 21.7. The second-order valence-corrected chi connectivity index (χ2v) is 5.62. The molecule has 0 bridgehead atoms. The van der Waals surface area contributed by atoms with Gasteiger partial charge in [-0.05, 0) is 12.1 Å². The van der Waals surface area contributed by atoms with Gasteiger partial charge in [-0.3, -0.25) is 9.59 Å². The third-order valence-corrected chi connectivity index (χ3v) is 3.81. The Balaban J connectivity index is 1.76. The van der Waals surface area contributed by atoms with Gasteiger partial charge < -0.3 is 18.6 Å². The number of carbonyl (C=O) groups is 2. The first-order valence-corrected chi connectivity index (χ1v) is 7.80. The smallest absolute Gasteiger partial charge is 0.596 e. The molecule has 2 aliphatic heterocycles. The second kappa shape index (κ2) is 6.05. The van der Waals surface area contributed by atoms with Gasteiger partial charge in [0.05, 0.1) is 0 Å². The van der Waals surface area contributed by atoms with Gasteiger partial charge in [0.25, 0.3) is 11.9 Å². The molecule has 7 heteroatoms. The average molecular weight is 336 g/mol. The van der Waals surface area contributed by atoms with Gasteiger partial charge in [0.1, 0.15) is 12.5 Å². The summed E-state index contributed by atoms with van der Waals surface area (Å²) in [6, 6.07) is 18.4. The van der Waals surface area contributed by atoms with Crippen LogP contribution < -0.4 is 0 Å². The van der Waals surface area contributed by atoms with Crippen molar-refractivity contribution in [2.24, 2.45) is 0 Å². The zero-order valence-electron chi connectivity index (χ0n) is 13.1. The predicted molar refractivity (Wildman–Crippen MR) is 87.0 cm³/mol. The summed E-state index contributed by atoms with van der Waals surface area (Å²) >= 11 is 0. The zero-order valence-corrected chi connectivity index (χ0v) is 13.1. The van der Waals surface area contributed by atoms with E-state index in [0.717, 1.165) is 5.56 Å². The number of rotatable bonds is 2. The molecule has 0 amide bonds. The van der Waals surface area contributed by atoms with E-state index in [1.807, 2.05) is 60.7 Å². The van der Waals surface area contributed by atoms with Gasteiger partial charge >= 0.3 is 12.7 Å². The summed E-state index contributed by atoms with van der Waals surface area (Å²) in [7, 11) is 0. The maximum atomic E-state index is 11.7. The first-order chi connectivity index (χ1) is 12.1. The molecular formula is C18H13BO6. The van der Waals surface area contributed by atoms with E-state index in [4.69, 9.17) is 18.6 Å². The van der Waals surface area contributed by atoms with Crippen LogP contribution in [-0.2, 0) is 28.2 Å². The molecule has 1 unspecified atom stereocenters. The van der Waals surface area contributed by atoms with Crippen LogP contribution in [0, 0.1) is 6.08 Å². The summed E-state index contributed by atoms with van der Waals surface area (Å²) in [4.78, 5) is 23.5. The van der Waals surface area contributed by atoms with Crippen molar-refractivity contribution in [1.82, 2.24) is 0 Å². The standard InChI is InChI=1S/C18H13BO6/c20-17-12-18(21)25-19(24-17)22-15(13-7-3-1-4-8-13)11-16(23-19)14-9-5-2-6-10-14/h1-10,15H,12H2. The van der Waals surface area contributed by atoms with Crippen LogP contribution >= 0.6 is 0 Å². The molecule has 1 saturated heterocycles. The number of hydrogen-bond acceptors (Lipinski definition) is 6. The Labute approximate surface area is 144 Å². The first-order valence-electron chi connectivity index (χ1n) is 7.80. The molecule has 1 fully saturated rings. The Bertz CT molecular complexity index is 817. The van der Waals surface area contributed by atoms with Crippen LogP contribution in [0.1, 0.15) is 23.7 Å². The highest BCUT2D eigenvalue weighted by molar-refractivity contribution is 6.60. The Morgan fingerprint density at radius 3 is 2.08 bits per heavy atom. The molecule has 2 aromatic rings. The van der Waals surface area contributed by atoms with Crippen LogP contribution in [0.3, 0.4) is 0 Å². The summed E-state index contributed by atoms with van der Waals surface area (Å²) in [6.45, 7) is -3.03. The van der Waals surface area contributed by atoms with E-state index in [0.29, 0.717) is 11.3 Å². The van der Waals surface area contributed by atoms with Gasteiger partial charge in [-0.25, -0.2) is 0 Å². The molecule has 6 nitrogen and oxygen atoms in total. The summed E-state index contributed by atoms with van der Waals surface area (Å²) in [5, 5.41) is 0. The quantitative estimate of drug-likeness (QED) is 0.477. The maximum Gasteiger partial charge on any atom is 0.723 e. The fraction of sp³-hybridized carbons (Fsp3) is 0.111. The van der Waals surface area contributed by atoms with Crippen molar-refractivity contribution >= 4 is 24.7 Å². The lowest BCUT2D eigenvalue weighted by Crippen LogP contribution is -2.56. The fourth-order valence-electron chi connectivity index (χ4n) is 2.71. The van der Waals surface area contributed by atoms with Crippen molar-refractivity contribution in [1.29, 1.82) is 0 Å². The van der Waals surface area contributed by atoms with E-state index < -0.39 is 31.4 Å². The van der Waals surface area contributed by atoms with Gasteiger partial charge in [0.15, 0.2) is 11.7 Å². The van der Waals surface area contributed by atoms with Crippen molar-refractivity contribution < 1.29 is 28.2 Å². The largest absolute Gasteiger partial charge is 0.723 e. The van der Waals surface area contributed by atoms with E-state index >= 15 is 0 Å². The average Bonchev–Trinajstić information content (AvgIpc) is 2.61. The Kier molecular flexibility index (Phi) is 3.73. The van der Waals surface area contributed by atoms with Gasteiger partial charge in [0, 0.05) is 17.7 Å². The monoisotopic (exact) mass is 336 g/mol. The molecule has 0 aliphatic carbocycles. The number of hydrogen-bond donors (Lipinski definition) is 0. The lowest BCUT2D eigenvalue weighted by molar-refractivity contribution is -0.165. The normalized spacial score (nSPS) is 21.4. The molecule has 1 atom stereocenters. The third kappa shape index (κ3) is 3.11. The summed E-state index contributed by atoms with van der Waals surface area (Å²) in [5.74, 6) is -1.21. The topological polar surface area (TPSA) is 71.1 Å². The molecule has 0 saturated carbocycles. The molecule has 2 aromatic carbocycles. The van der Waals surface area contributed by atoms with Crippen LogP contribution in [0.2, 0.25) is 0 Å². The van der Waals surface area contributed by atoms with E-state index in [1.54, 1.807) is 0 Å². The highest BCUT2D eigenvalue weighted by atomic mass is 16.9. The highest BCUT2D eigenvalue weighted by Crippen LogP contribution is 2.37. The molecule has 1 spiro atoms. The molecule has 0 N–H and O–H groups in total. The van der Waals surface area contributed by atoms with Gasteiger partial charge in [-0.1, -0.05) is 36.4 Å². The molecule has 2 heterocycles. The minimum absolute atomic E-state index is 0.295. The van der Waals surface area contributed by atoms with Crippen LogP contribution in [0.15, 0.2) is 60.7 Å². The van der Waals surface area contributed by atoms with Gasteiger partial charge in [-0.15, -0.1) is 0 Å². The van der Waals surface area contributed by atoms with E-state index in [-0.39, 0.29) is 0 Å². The van der Waals surface area contributed by atoms with E-state index in [1.165, 1.54) is 0 Å². The predicted octanol–water partition coefficient (Wildman–Crippen LogP) is 2.54. The van der Waals surface area contributed by atoms with E-state index in [2.05, 4.69) is 6.08 Å². The van der Waals surface area contributed by atoms with Crippen LogP contribution in [0.25, 0.3) is 5.76 Å². The van der Waals surface area contributed by atoms with Crippen LogP contribution in [-0.4, -0.2) is 18.9 Å². The van der Waals surface area contributed by atoms with Crippen molar-refractivity contribution in [3.63, 3.8) is 0 Å². The minimum Gasteiger partial charge on any atom is -0.596 e. The van der Waals surface area contributed by atoms with Crippen LogP contribution in [0.4, 0.5) is 0 Å². The van der Waals surface area contributed by atoms with Gasteiger partial charge in [-0.2, -0.15) is 0 Å². The highest BCUT2D eigenvalue weighted by Gasteiger charge is 2.53. The van der Waals surface area contributed by atoms with Gasteiger partial charge in [0.2, 0.25) is 0 Å². The Hall–Kier alpha value is -3.15. The molecule has 0 aromatic heterocycles. The lowest BCUT2D eigenvalue weighted by Gasteiger charge is -2.43. The van der Waals surface area contributed by atoms with E-state index in [9.17, 15) is 9.59 Å². The summed E-state index contributed by atoms with van der Waals surface area (Å²) in [5.41, 5.74) is 1.46. The summed E-state index contributed by atoms with van der Waals surface area (Å²) in [6.07, 6.45) is 1.90. The SMILES string of the molecule is O=C1CC(=O)O[B-]2(O1)OC(c1ccccc1)=[C+]C(c1ccccc1)O2. The third-order valence-electron chi connectivity index (χ3n) is 3.81. The molecule has 2 aliphatic rings. The minimum atomic E-state index is -3.03. The molecule has 0 radical (unpaired) electrons. The fourth-order valence-corrected chi connectivity index (χ4v) is 2.71. The van der Waals surface area contributed by atoms with Crippen LogP contribution in [0.5, 0.6) is 0 Å². The van der Waals surface area contributed by atoms with Crippen molar-refractivity contribution in [3.05, 3.63) is 77.9 Å². The lowest BCUT2D eigenvalue weighted by atomic mass is 9.94. The second-order valence-electron chi connectivity index (χ2n) is 5.62. The van der Waals surface area contributed by atoms with Crippen molar-refractivity contribution in [2.45, 2.75) is 12.5 Å². The Morgan fingerprint density at radius 1 is 0.840 bits per heavy atom. The first kappa shape index (κ1) is 15.4. The van der Waals surface area contributed by atoms with Crippen molar-refractivity contribution in [3.8, 4) is 0 Å². The maximum absolute atomic E-state index is 11.7. The number of carbonyl (C=O) groups excluding carboxylic acids is 2. The molecule has 4 rings (SSSR count).